The number of benzene rings is 2. The van der Waals surface area contributed by atoms with Gasteiger partial charge in [-0.25, -0.2) is 0 Å². The van der Waals surface area contributed by atoms with Gasteiger partial charge >= 0.3 is 0 Å². The molecule has 0 bridgehead atoms. The monoisotopic (exact) mass is 284 g/mol. The van der Waals surface area contributed by atoms with Gasteiger partial charge in [-0.05, 0) is 31.2 Å². The average molecular weight is 285 g/mol. The van der Waals surface area contributed by atoms with Crippen LogP contribution in [0.2, 0.25) is 5.02 Å². The summed E-state index contributed by atoms with van der Waals surface area (Å²) >= 11 is 5.88. The maximum absolute atomic E-state index is 12.7. The first-order valence-corrected chi connectivity index (χ1v) is 6.63. The number of nitrogen functional groups attached to an aromatic ring is 1. The van der Waals surface area contributed by atoms with Crippen LogP contribution in [0.1, 0.15) is 21.6 Å². The second-order valence-electron chi connectivity index (χ2n) is 4.73. The minimum atomic E-state index is -0.0888. The largest absolute Gasteiger partial charge is 0.398 e. The highest BCUT2D eigenvalue weighted by Gasteiger charge is 2.19. The van der Waals surface area contributed by atoms with Crippen LogP contribution in [0.15, 0.2) is 42.5 Å². The van der Waals surface area contributed by atoms with Crippen molar-refractivity contribution in [2.24, 2.45) is 0 Å². The molecule has 0 spiro atoms. The first-order chi connectivity index (χ1) is 9.58. The summed E-state index contributed by atoms with van der Waals surface area (Å²) in [5, 5.41) is 1.43. The molecular weight excluding hydrogens is 272 g/mol. The fraction of sp³-hybridized carbons (Fsp3) is 0.0625. The van der Waals surface area contributed by atoms with Crippen molar-refractivity contribution in [2.45, 2.75) is 6.92 Å². The van der Waals surface area contributed by atoms with Gasteiger partial charge in [0.25, 0.3) is 0 Å². The molecule has 0 unspecified atom stereocenters. The summed E-state index contributed by atoms with van der Waals surface area (Å²) in [7, 11) is 0. The Balaban J connectivity index is 2.20. The van der Waals surface area contributed by atoms with E-state index in [4.69, 9.17) is 17.3 Å². The molecule has 0 aliphatic carbocycles. The highest BCUT2D eigenvalue weighted by Crippen LogP contribution is 2.27. The number of H-pyrrole nitrogens is 1. The second kappa shape index (κ2) is 4.69. The summed E-state index contributed by atoms with van der Waals surface area (Å²) in [6.45, 7) is 1.89. The number of carbonyl (C=O) groups excluding carboxylic acids is 1. The van der Waals surface area contributed by atoms with Crippen molar-refractivity contribution in [3.63, 3.8) is 0 Å². The lowest BCUT2D eigenvalue weighted by molar-refractivity contribution is 0.104. The number of carbonyl (C=O) groups is 1. The molecule has 3 nitrogen and oxygen atoms in total. The van der Waals surface area contributed by atoms with E-state index in [9.17, 15) is 4.79 Å². The lowest BCUT2D eigenvalue weighted by Crippen LogP contribution is -2.06. The van der Waals surface area contributed by atoms with E-state index in [1.807, 2.05) is 31.2 Å². The predicted octanol–water partition coefficient (Wildman–Crippen LogP) is 3.94. The summed E-state index contributed by atoms with van der Waals surface area (Å²) in [5.74, 6) is -0.0888. The van der Waals surface area contributed by atoms with Crippen LogP contribution < -0.4 is 5.73 Å². The zero-order valence-corrected chi connectivity index (χ0v) is 11.7. The van der Waals surface area contributed by atoms with Crippen molar-refractivity contribution < 1.29 is 4.79 Å². The Morgan fingerprint density at radius 3 is 2.70 bits per heavy atom. The topological polar surface area (TPSA) is 58.9 Å². The lowest BCUT2D eigenvalue weighted by atomic mass is 9.99. The maximum atomic E-state index is 12.7. The van der Waals surface area contributed by atoms with Crippen LogP contribution in [0, 0.1) is 6.92 Å². The smallest absolute Gasteiger partial charge is 0.197 e. The Morgan fingerprint density at radius 1 is 1.20 bits per heavy atom. The Bertz CT molecular complexity index is 820. The Labute approximate surface area is 121 Å². The summed E-state index contributed by atoms with van der Waals surface area (Å²) in [4.78, 5) is 16.0. The second-order valence-corrected chi connectivity index (χ2v) is 5.17. The van der Waals surface area contributed by atoms with E-state index in [-0.39, 0.29) is 5.78 Å². The van der Waals surface area contributed by atoms with Gasteiger partial charge in [-0.2, -0.15) is 0 Å². The van der Waals surface area contributed by atoms with Crippen molar-refractivity contribution in [1.82, 2.24) is 4.98 Å². The van der Waals surface area contributed by atoms with Gasteiger partial charge in [-0.15, -0.1) is 0 Å². The van der Waals surface area contributed by atoms with E-state index < -0.39 is 0 Å². The summed E-state index contributed by atoms with van der Waals surface area (Å²) in [6, 6.07) is 12.7. The lowest BCUT2D eigenvalue weighted by Gasteiger charge is -2.05. The van der Waals surface area contributed by atoms with Gasteiger partial charge in [-0.3, -0.25) is 4.79 Å². The number of aromatic nitrogens is 1. The molecular formula is C16H13ClN2O. The van der Waals surface area contributed by atoms with Gasteiger partial charge in [0.05, 0.1) is 5.56 Å². The first kappa shape index (κ1) is 12.8. The molecule has 0 aliphatic rings. The number of aryl methyl sites for hydroxylation is 1. The maximum Gasteiger partial charge on any atom is 0.197 e. The van der Waals surface area contributed by atoms with Gasteiger partial charge < -0.3 is 10.7 Å². The highest BCUT2D eigenvalue weighted by molar-refractivity contribution is 6.31. The zero-order valence-electron chi connectivity index (χ0n) is 10.9. The number of nitrogens with one attached hydrogen (secondary N) is 1. The molecule has 0 amide bonds. The van der Waals surface area contributed by atoms with E-state index in [0.29, 0.717) is 21.8 Å². The van der Waals surface area contributed by atoms with Crippen LogP contribution >= 0.6 is 11.6 Å². The van der Waals surface area contributed by atoms with Crippen LogP contribution in [0.25, 0.3) is 10.9 Å². The minimum absolute atomic E-state index is 0.0888. The standard InChI is InChI=1S/C16H13ClN2O/c1-9-15(12-4-2-3-5-14(12)19-9)16(20)11-7-6-10(17)8-13(11)18/h2-8,19H,18H2,1H3. The summed E-state index contributed by atoms with van der Waals surface area (Å²) in [6.07, 6.45) is 0. The molecule has 0 radical (unpaired) electrons. The molecule has 0 saturated carbocycles. The molecule has 20 heavy (non-hydrogen) atoms. The third-order valence-corrected chi connectivity index (χ3v) is 3.61. The van der Waals surface area contributed by atoms with Crippen LogP contribution in [0.3, 0.4) is 0 Å². The summed E-state index contributed by atoms with van der Waals surface area (Å²) < 4.78 is 0. The Kier molecular flexibility index (Phi) is 2.99. The molecule has 0 atom stereocenters. The van der Waals surface area contributed by atoms with E-state index in [0.717, 1.165) is 16.6 Å². The third kappa shape index (κ3) is 1.96. The number of para-hydroxylation sites is 1. The van der Waals surface area contributed by atoms with Crippen molar-refractivity contribution in [1.29, 1.82) is 0 Å². The van der Waals surface area contributed by atoms with Crippen LogP contribution in [-0.2, 0) is 0 Å². The molecule has 0 fully saturated rings. The van der Waals surface area contributed by atoms with Gasteiger partial charge in [0.15, 0.2) is 5.78 Å². The summed E-state index contributed by atoms with van der Waals surface area (Å²) in [5.41, 5.74) is 9.22. The molecule has 3 aromatic rings. The van der Waals surface area contributed by atoms with E-state index in [1.165, 1.54) is 0 Å². The fourth-order valence-electron chi connectivity index (χ4n) is 2.44. The number of ketones is 1. The molecule has 0 saturated heterocycles. The Morgan fingerprint density at radius 2 is 1.95 bits per heavy atom. The van der Waals surface area contributed by atoms with Gasteiger partial charge in [0.1, 0.15) is 0 Å². The predicted molar refractivity (Wildman–Crippen MR) is 82.3 cm³/mol. The fourth-order valence-corrected chi connectivity index (χ4v) is 2.62. The van der Waals surface area contributed by atoms with Crippen LogP contribution in [-0.4, -0.2) is 10.8 Å². The first-order valence-electron chi connectivity index (χ1n) is 6.25. The number of hydrogen-bond acceptors (Lipinski definition) is 2. The average Bonchev–Trinajstić information content (AvgIpc) is 2.73. The molecule has 100 valence electrons. The third-order valence-electron chi connectivity index (χ3n) is 3.38. The SMILES string of the molecule is Cc1[nH]c2ccccc2c1C(=O)c1ccc(Cl)cc1N. The number of aromatic amines is 1. The van der Waals surface area contributed by atoms with Crippen molar-refractivity contribution >= 4 is 34.0 Å². The van der Waals surface area contributed by atoms with Crippen molar-refractivity contribution in [2.75, 3.05) is 5.73 Å². The number of fused-ring (bicyclic) bond motifs is 1. The molecule has 3 rings (SSSR count). The number of nitrogens with two attached hydrogens (primary N) is 1. The Hall–Kier alpha value is -2.26. The minimum Gasteiger partial charge on any atom is -0.398 e. The van der Waals surface area contributed by atoms with E-state index >= 15 is 0 Å². The molecule has 2 aromatic carbocycles. The van der Waals surface area contributed by atoms with Gasteiger partial charge in [0.2, 0.25) is 0 Å². The number of rotatable bonds is 2. The number of hydrogen-bond donors (Lipinski definition) is 2. The van der Waals surface area contributed by atoms with Crippen LogP contribution in [0.5, 0.6) is 0 Å². The van der Waals surface area contributed by atoms with Gasteiger partial charge in [0, 0.05) is 32.9 Å². The number of anilines is 1. The van der Waals surface area contributed by atoms with E-state index in [1.54, 1.807) is 18.2 Å². The van der Waals surface area contributed by atoms with Gasteiger partial charge in [-0.1, -0.05) is 29.8 Å². The van der Waals surface area contributed by atoms with E-state index in [2.05, 4.69) is 4.98 Å². The quantitative estimate of drug-likeness (QED) is 0.553. The van der Waals surface area contributed by atoms with Crippen molar-refractivity contribution in [3.8, 4) is 0 Å². The zero-order chi connectivity index (χ0) is 14.3. The molecule has 3 N–H and O–H groups in total. The normalized spacial score (nSPS) is 10.9. The molecule has 1 aromatic heterocycles. The highest BCUT2D eigenvalue weighted by atomic mass is 35.5. The molecule has 0 aliphatic heterocycles. The van der Waals surface area contributed by atoms with Crippen LogP contribution in [0.4, 0.5) is 5.69 Å². The molecule has 1 heterocycles. The van der Waals surface area contributed by atoms with Crippen molar-refractivity contribution in [3.05, 3.63) is 64.3 Å². The number of halogens is 1. The molecule has 4 heteroatoms.